The van der Waals surface area contributed by atoms with Gasteiger partial charge in [-0.05, 0) is 75.1 Å². The Bertz CT molecular complexity index is 1260. The Morgan fingerprint density at radius 3 is 2.76 bits per heavy atom. The van der Waals surface area contributed by atoms with Gasteiger partial charge < -0.3 is 19.9 Å². The van der Waals surface area contributed by atoms with Crippen LogP contribution in [0.2, 0.25) is 0 Å². The SMILES string of the molecule is CCOC(=O)C1CCC(C(C)(O)c2ncc(-c3cc(C)cc(Nc4ncc(F)c(OC)n4)c3)s2)CC1C. The molecule has 1 aliphatic carbocycles. The van der Waals surface area contributed by atoms with Crippen molar-refractivity contribution in [2.45, 2.75) is 52.6 Å². The molecule has 2 N–H and O–H groups in total. The quantitative estimate of drug-likeness (QED) is 0.363. The highest BCUT2D eigenvalue weighted by Crippen LogP contribution is 2.45. The van der Waals surface area contributed by atoms with E-state index in [9.17, 15) is 14.3 Å². The maximum Gasteiger partial charge on any atom is 0.309 e. The fourth-order valence-electron chi connectivity index (χ4n) is 5.00. The summed E-state index contributed by atoms with van der Waals surface area (Å²) in [6.07, 6.45) is 4.99. The number of ether oxygens (including phenoxy) is 2. The summed E-state index contributed by atoms with van der Waals surface area (Å²) in [5.74, 6) is -0.694. The van der Waals surface area contributed by atoms with Crippen LogP contribution in [0.3, 0.4) is 0 Å². The third kappa shape index (κ3) is 5.91. The molecular formula is C27H33FN4O4S. The van der Waals surface area contributed by atoms with Crippen molar-refractivity contribution < 1.29 is 23.8 Å². The number of rotatable bonds is 8. The number of hydrogen-bond acceptors (Lipinski definition) is 9. The van der Waals surface area contributed by atoms with E-state index in [1.54, 1.807) is 6.20 Å². The number of aliphatic hydroxyl groups is 1. The second kappa shape index (κ2) is 11.1. The molecule has 8 nitrogen and oxygen atoms in total. The number of aromatic nitrogens is 3. The Balaban J connectivity index is 1.52. The number of esters is 1. The Hall–Kier alpha value is -3.11. The fraction of sp³-hybridized carbons (Fsp3) is 0.481. The van der Waals surface area contributed by atoms with Crippen molar-refractivity contribution in [2.75, 3.05) is 19.0 Å². The number of aryl methyl sites for hydroxylation is 1. The summed E-state index contributed by atoms with van der Waals surface area (Å²) < 4.78 is 23.9. The average Bonchev–Trinajstić information content (AvgIpc) is 3.36. The van der Waals surface area contributed by atoms with Crippen molar-refractivity contribution in [3.05, 3.63) is 47.0 Å². The molecule has 0 amide bonds. The van der Waals surface area contributed by atoms with Crippen LogP contribution in [0.1, 0.15) is 50.6 Å². The molecule has 2 aromatic heterocycles. The monoisotopic (exact) mass is 528 g/mol. The lowest BCUT2D eigenvalue weighted by atomic mass is 9.69. The number of halogens is 1. The fourth-order valence-corrected chi connectivity index (χ4v) is 6.03. The van der Waals surface area contributed by atoms with Crippen molar-refractivity contribution in [3.8, 4) is 16.3 Å². The van der Waals surface area contributed by atoms with Crippen molar-refractivity contribution in [2.24, 2.45) is 17.8 Å². The van der Waals surface area contributed by atoms with Crippen LogP contribution in [0.5, 0.6) is 5.88 Å². The van der Waals surface area contributed by atoms with Gasteiger partial charge in [0.15, 0.2) is 0 Å². The number of benzene rings is 1. The highest BCUT2D eigenvalue weighted by molar-refractivity contribution is 7.15. The van der Waals surface area contributed by atoms with Gasteiger partial charge in [-0.25, -0.2) is 9.97 Å². The Labute approximate surface area is 220 Å². The van der Waals surface area contributed by atoms with Gasteiger partial charge in [0.25, 0.3) is 5.88 Å². The van der Waals surface area contributed by atoms with Gasteiger partial charge in [0.2, 0.25) is 11.8 Å². The molecule has 198 valence electrons. The normalized spacial score (nSPS) is 21.2. The van der Waals surface area contributed by atoms with Crippen LogP contribution < -0.4 is 10.1 Å². The van der Waals surface area contributed by atoms with E-state index in [2.05, 4.69) is 27.2 Å². The van der Waals surface area contributed by atoms with E-state index < -0.39 is 11.4 Å². The number of methoxy groups -OCH3 is 1. The Morgan fingerprint density at radius 1 is 1.27 bits per heavy atom. The summed E-state index contributed by atoms with van der Waals surface area (Å²) in [5, 5.41) is 15.3. The number of carbonyl (C=O) groups excluding carboxylic acids is 1. The van der Waals surface area contributed by atoms with E-state index in [1.165, 1.54) is 18.4 Å². The summed E-state index contributed by atoms with van der Waals surface area (Å²) in [6, 6.07) is 5.91. The molecule has 4 rings (SSSR count). The Kier molecular flexibility index (Phi) is 8.08. The largest absolute Gasteiger partial charge is 0.479 e. The van der Waals surface area contributed by atoms with Crippen LogP contribution in [0.15, 0.2) is 30.6 Å². The first-order valence-corrected chi connectivity index (χ1v) is 13.2. The van der Waals surface area contributed by atoms with E-state index in [1.807, 2.05) is 39.0 Å². The molecule has 2 heterocycles. The number of nitrogens with one attached hydrogen (secondary N) is 1. The average molecular weight is 529 g/mol. The number of nitrogens with zero attached hydrogens (tertiary/aromatic N) is 3. The molecule has 1 fully saturated rings. The molecule has 10 heteroatoms. The van der Waals surface area contributed by atoms with Gasteiger partial charge in [-0.3, -0.25) is 4.79 Å². The van der Waals surface area contributed by atoms with Crippen molar-refractivity contribution in [1.29, 1.82) is 0 Å². The van der Waals surface area contributed by atoms with Gasteiger partial charge in [0.05, 0.1) is 30.7 Å². The summed E-state index contributed by atoms with van der Waals surface area (Å²) in [6.45, 7) is 8.05. The molecule has 4 unspecified atom stereocenters. The minimum Gasteiger partial charge on any atom is -0.479 e. The van der Waals surface area contributed by atoms with Crippen LogP contribution in [0.4, 0.5) is 16.0 Å². The molecular weight excluding hydrogens is 495 g/mol. The zero-order valence-corrected chi connectivity index (χ0v) is 22.6. The number of thiazole rings is 1. The van der Waals surface area contributed by atoms with Gasteiger partial charge in [0, 0.05) is 11.9 Å². The first-order valence-electron chi connectivity index (χ1n) is 12.4. The standard InChI is InChI=1S/C27H33FN4O4S/c1-6-36-24(33)20-8-7-18(11-16(20)3)27(4,34)25-29-14-22(37-25)17-9-15(2)10-19(12-17)31-26-30-13-21(28)23(32-26)35-5/h9-10,12-14,16,18,20,34H,6-8,11H2,1-5H3,(H,30,31,32). The van der Waals surface area contributed by atoms with Crippen LogP contribution >= 0.6 is 11.3 Å². The molecule has 0 aliphatic heterocycles. The minimum atomic E-state index is -1.11. The topological polar surface area (TPSA) is 106 Å². The first-order chi connectivity index (χ1) is 17.6. The molecule has 0 bridgehead atoms. The molecule has 4 atom stereocenters. The predicted molar refractivity (Wildman–Crippen MR) is 140 cm³/mol. The number of anilines is 2. The van der Waals surface area contributed by atoms with Gasteiger partial charge >= 0.3 is 5.97 Å². The summed E-state index contributed by atoms with van der Waals surface area (Å²) >= 11 is 1.45. The van der Waals surface area contributed by atoms with Crippen molar-refractivity contribution in [1.82, 2.24) is 15.0 Å². The molecule has 3 aromatic rings. The molecule has 1 aromatic carbocycles. The zero-order valence-electron chi connectivity index (χ0n) is 21.7. The van der Waals surface area contributed by atoms with Gasteiger partial charge in [0.1, 0.15) is 10.6 Å². The number of hydrogen-bond donors (Lipinski definition) is 2. The van der Waals surface area contributed by atoms with E-state index in [0.717, 1.165) is 40.7 Å². The predicted octanol–water partition coefficient (Wildman–Crippen LogP) is 5.62. The van der Waals surface area contributed by atoms with Crippen LogP contribution in [-0.2, 0) is 15.1 Å². The summed E-state index contributed by atoms with van der Waals surface area (Å²) in [4.78, 5) is 25.8. The molecule has 0 saturated heterocycles. The highest BCUT2D eigenvalue weighted by Gasteiger charge is 2.43. The van der Waals surface area contributed by atoms with Crippen LogP contribution in [-0.4, -0.2) is 39.7 Å². The van der Waals surface area contributed by atoms with E-state index in [4.69, 9.17) is 9.47 Å². The highest BCUT2D eigenvalue weighted by atomic mass is 32.1. The second-order valence-electron chi connectivity index (χ2n) is 9.79. The van der Waals surface area contributed by atoms with E-state index in [-0.39, 0.29) is 35.6 Å². The number of carbonyl (C=O) groups is 1. The zero-order chi connectivity index (χ0) is 26.7. The van der Waals surface area contributed by atoms with Crippen LogP contribution in [0, 0.1) is 30.5 Å². The lowest BCUT2D eigenvalue weighted by Crippen LogP contribution is -2.39. The maximum atomic E-state index is 13.7. The first kappa shape index (κ1) is 26.9. The van der Waals surface area contributed by atoms with E-state index >= 15 is 0 Å². The van der Waals surface area contributed by atoms with Gasteiger partial charge in [-0.2, -0.15) is 9.37 Å². The molecule has 0 radical (unpaired) electrons. The smallest absolute Gasteiger partial charge is 0.309 e. The lowest BCUT2D eigenvalue weighted by Gasteiger charge is -2.39. The molecule has 0 spiro atoms. The molecule has 1 saturated carbocycles. The summed E-state index contributed by atoms with van der Waals surface area (Å²) in [5.41, 5.74) is 1.55. The van der Waals surface area contributed by atoms with Crippen LogP contribution in [0.25, 0.3) is 10.4 Å². The minimum absolute atomic E-state index is 0.00693. The third-order valence-corrected chi connectivity index (χ3v) is 8.29. The van der Waals surface area contributed by atoms with Gasteiger partial charge in [-0.15, -0.1) is 11.3 Å². The summed E-state index contributed by atoms with van der Waals surface area (Å²) in [7, 11) is 1.35. The Morgan fingerprint density at radius 2 is 2.05 bits per heavy atom. The van der Waals surface area contributed by atoms with Crippen molar-refractivity contribution in [3.63, 3.8) is 0 Å². The maximum absolute atomic E-state index is 13.7. The van der Waals surface area contributed by atoms with Crippen molar-refractivity contribution >= 4 is 28.9 Å². The van der Waals surface area contributed by atoms with E-state index in [0.29, 0.717) is 18.0 Å². The third-order valence-electron chi connectivity index (χ3n) is 7.02. The molecule has 37 heavy (non-hydrogen) atoms. The lowest BCUT2D eigenvalue weighted by molar-refractivity contribution is -0.153. The molecule has 1 aliphatic rings. The second-order valence-corrected chi connectivity index (χ2v) is 10.8. The van der Waals surface area contributed by atoms with Gasteiger partial charge in [-0.1, -0.05) is 13.0 Å².